The summed E-state index contributed by atoms with van der Waals surface area (Å²) in [7, 11) is 0. The van der Waals surface area contributed by atoms with Crippen molar-refractivity contribution in [2.45, 2.75) is 57.0 Å². The summed E-state index contributed by atoms with van der Waals surface area (Å²) >= 11 is 4.30. The highest BCUT2D eigenvalue weighted by Crippen LogP contribution is 2.31. The molecule has 0 saturated heterocycles. The fraction of sp³-hybridized carbons (Fsp3) is 0.917. The van der Waals surface area contributed by atoms with Crippen molar-refractivity contribution in [3.05, 3.63) is 0 Å². The molecule has 5 heteroatoms. The Labute approximate surface area is 109 Å². The molecule has 0 bridgehead atoms. The van der Waals surface area contributed by atoms with Crippen molar-refractivity contribution < 1.29 is 14.6 Å². The molecule has 0 aliphatic heterocycles. The molecule has 0 unspecified atom stereocenters. The van der Waals surface area contributed by atoms with Crippen molar-refractivity contribution in [1.29, 1.82) is 0 Å². The van der Waals surface area contributed by atoms with E-state index in [1.54, 1.807) is 0 Å². The average Bonchev–Trinajstić information content (AvgIpc) is 2.46. The highest BCUT2D eigenvalue weighted by atomic mass is 32.1. The number of thiol groups is 1. The fourth-order valence-electron chi connectivity index (χ4n) is 2.03. The predicted octanol–water partition coefficient (Wildman–Crippen LogP) is 1.97. The van der Waals surface area contributed by atoms with Gasteiger partial charge in [0.2, 0.25) is 0 Å². The minimum absolute atomic E-state index is 0.0847. The van der Waals surface area contributed by atoms with Gasteiger partial charge in [-0.25, -0.2) is 4.79 Å². The number of alkyl carbamates (subject to hydrolysis) is 1. The maximum atomic E-state index is 11.4. The van der Waals surface area contributed by atoms with Gasteiger partial charge < -0.3 is 15.2 Å². The van der Waals surface area contributed by atoms with Crippen LogP contribution in [0.25, 0.3) is 0 Å². The summed E-state index contributed by atoms with van der Waals surface area (Å²) in [5.41, 5.74) is -0.465. The Morgan fingerprint density at radius 2 is 2.12 bits per heavy atom. The Kier molecular flexibility index (Phi) is 5.13. The number of hydrogen-bond acceptors (Lipinski definition) is 4. The molecule has 1 aliphatic carbocycles. The highest BCUT2D eigenvalue weighted by Gasteiger charge is 2.31. The largest absolute Gasteiger partial charge is 0.444 e. The van der Waals surface area contributed by atoms with Crippen LogP contribution in [0.15, 0.2) is 0 Å². The first-order valence-electron chi connectivity index (χ1n) is 6.12. The van der Waals surface area contributed by atoms with Gasteiger partial charge in [0.25, 0.3) is 0 Å². The zero-order valence-corrected chi connectivity index (χ0v) is 11.7. The molecule has 1 rings (SSSR count). The topological polar surface area (TPSA) is 58.6 Å². The minimum atomic E-state index is -0.465. The molecule has 1 saturated carbocycles. The van der Waals surface area contributed by atoms with Gasteiger partial charge in [0.05, 0.1) is 6.10 Å². The monoisotopic (exact) mass is 261 g/mol. The van der Waals surface area contributed by atoms with E-state index in [1.165, 1.54) is 0 Å². The highest BCUT2D eigenvalue weighted by molar-refractivity contribution is 7.81. The Bertz CT molecular complexity index is 265. The van der Waals surface area contributed by atoms with Gasteiger partial charge in [-0.3, -0.25) is 0 Å². The second-order valence-electron chi connectivity index (χ2n) is 5.61. The maximum Gasteiger partial charge on any atom is 0.407 e. The van der Waals surface area contributed by atoms with Gasteiger partial charge in [0.15, 0.2) is 0 Å². The number of rotatable bonds is 3. The van der Waals surface area contributed by atoms with Crippen LogP contribution in [0.3, 0.4) is 0 Å². The van der Waals surface area contributed by atoms with Crippen LogP contribution >= 0.6 is 12.6 Å². The van der Waals surface area contributed by atoms with E-state index in [4.69, 9.17) is 4.74 Å². The molecule has 1 fully saturated rings. The van der Waals surface area contributed by atoms with Crippen LogP contribution in [0.1, 0.15) is 40.0 Å². The molecule has 0 heterocycles. The van der Waals surface area contributed by atoms with Crippen LogP contribution < -0.4 is 5.32 Å². The lowest BCUT2D eigenvalue weighted by Crippen LogP contribution is -2.34. The van der Waals surface area contributed by atoms with Crippen LogP contribution in [0, 0.1) is 5.92 Å². The molecular formula is C12H23NO3S. The molecule has 17 heavy (non-hydrogen) atoms. The van der Waals surface area contributed by atoms with Crippen molar-refractivity contribution in [3.63, 3.8) is 0 Å². The minimum Gasteiger partial charge on any atom is -0.444 e. The van der Waals surface area contributed by atoms with Gasteiger partial charge in [-0.1, -0.05) is 0 Å². The summed E-state index contributed by atoms with van der Waals surface area (Å²) in [5.74, 6) is 0.243. The first-order valence-corrected chi connectivity index (χ1v) is 6.64. The number of ether oxygens (including phenoxy) is 1. The number of aliphatic hydroxyl groups excluding tert-OH is 1. The van der Waals surface area contributed by atoms with E-state index in [0.29, 0.717) is 6.54 Å². The Morgan fingerprint density at radius 3 is 2.59 bits per heavy atom. The van der Waals surface area contributed by atoms with E-state index in [9.17, 15) is 9.90 Å². The molecule has 0 aromatic carbocycles. The van der Waals surface area contributed by atoms with Crippen LogP contribution in [-0.4, -0.2) is 34.7 Å². The normalized spacial score (nSPS) is 29.1. The van der Waals surface area contributed by atoms with E-state index in [1.807, 2.05) is 20.8 Å². The van der Waals surface area contributed by atoms with Gasteiger partial charge in [0.1, 0.15) is 5.60 Å². The summed E-state index contributed by atoms with van der Waals surface area (Å²) < 4.78 is 5.12. The number of carbonyl (C=O) groups is 1. The molecule has 4 nitrogen and oxygen atoms in total. The molecule has 0 radical (unpaired) electrons. The van der Waals surface area contributed by atoms with E-state index in [-0.39, 0.29) is 17.3 Å². The first-order chi connectivity index (χ1) is 7.79. The van der Waals surface area contributed by atoms with Crippen molar-refractivity contribution in [3.8, 4) is 0 Å². The Balaban J connectivity index is 2.18. The van der Waals surface area contributed by atoms with Crippen LogP contribution in [0.4, 0.5) is 4.79 Å². The number of aliphatic hydroxyl groups is 1. The first kappa shape index (κ1) is 14.6. The molecule has 100 valence electrons. The van der Waals surface area contributed by atoms with Crippen LogP contribution in [0.5, 0.6) is 0 Å². The second-order valence-corrected chi connectivity index (χ2v) is 6.28. The van der Waals surface area contributed by atoms with Crippen molar-refractivity contribution in [2.75, 3.05) is 6.54 Å². The summed E-state index contributed by atoms with van der Waals surface area (Å²) in [5, 5.41) is 12.6. The molecule has 0 aromatic heterocycles. The number of carbonyl (C=O) groups excluding carboxylic acids is 1. The van der Waals surface area contributed by atoms with E-state index in [2.05, 4.69) is 17.9 Å². The summed E-state index contributed by atoms with van der Waals surface area (Å²) in [6, 6.07) is 0. The van der Waals surface area contributed by atoms with Crippen molar-refractivity contribution >= 4 is 18.7 Å². The molecule has 2 N–H and O–H groups in total. The standard InChI is InChI=1S/C12H23NO3S/c1-12(2,3)16-11(15)13-7-6-8-4-5-9(17)10(8)14/h8-10,14,17H,4-7H2,1-3H3,(H,13,15)/t8-,9+,10+/m0/s1. The smallest absolute Gasteiger partial charge is 0.407 e. The van der Waals surface area contributed by atoms with Crippen molar-refractivity contribution in [2.24, 2.45) is 5.92 Å². The quantitative estimate of drug-likeness (QED) is 0.681. The molecule has 3 atom stereocenters. The lowest BCUT2D eigenvalue weighted by Gasteiger charge is -2.21. The molecule has 1 aliphatic rings. The molecular weight excluding hydrogens is 238 g/mol. The number of amides is 1. The Hall–Kier alpha value is -0.420. The lowest BCUT2D eigenvalue weighted by molar-refractivity contribution is 0.0518. The molecule has 0 aromatic rings. The third-order valence-corrected chi connectivity index (χ3v) is 3.46. The van der Waals surface area contributed by atoms with Crippen molar-refractivity contribution in [1.82, 2.24) is 5.32 Å². The van der Waals surface area contributed by atoms with Gasteiger partial charge in [-0.2, -0.15) is 12.6 Å². The number of nitrogens with one attached hydrogen (secondary N) is 1. The number of hydrogen-bond donors (Lipinski definition) is 3. The van der Waals surface area contributed by atoms with Gasteiger partial charge in [-0.05, 0) is 46.0 Å². The average molecular weight is 261 g/mol. The third-order valence-electron chi connectivity index (χ3n) is 2.89. The van der Waals surface area contributed by atoms with Gasteiger partial charge in [0, 0.05) is 11.8 Å². The van der Waals surface area contributed by atoms with Gasteiger partial charge >= 0.3 is 6.09 Å². The third kappa shape index (κ3) is 5.17. The van der Waals surface area contributed by atoms with Gasteiger partial charge in [-0.15, -0.1) is 0 Å². The fourth-order valence-corrected chi connectivity index (χ4v) is 2.42. The summed E-state index contributed by atoms with van der Waals surface area (Å²) in [6.45, 7) is 6.04. The van der Waals surface area contributed by atoms with Crippen LogP contribution in [0.2, 0.25) is 0 Å². The lowest BCUT2D eigenvalue weighted by atomic mass is 10.0. The van der Waals surface area contributed by atoms with Crippen LogP contribution in [-0.2, 0) is 4.74 Å². The second kappa shape index (κ2) is 5.96. The van der Waals surface area contributed by atoms with E-state index in [0.717, 1.165) is 19.3 Å². The SMILES string of the molecule is CC(C)(C)OC(=O)NCC[C@@H]1CC[C@@H](S)[C@@H]1O. The summed E-state index contributed by atoms with van der Waals surface area (Å²) in [6.07, 6.45) is 1.95. The molecule has 1 amide bonds. The van der Waals surface area contributed by atoms with E-state index >= 15 is 0 Å². The zero-order valence-electron chi connectivity index (χ0n) is 10.8. The van der Waals surface area contributed by atoms with E-state index < -0.39 is 11.7 Å². The summed E-state index contributed by atoms with van der Waals surface area (Å²) in [4.78, 5) is 11.4. The molecule has 0 spiro atoms. The predicted molar refractivity (Wildman–Crippen MR) is 70.4 cm³/mol. The Morgan fingerprint density at radius 1 is 1.47 bits per heavy atom. The maximum absolute atomic E-state index is 11.4. The zero-order chi connectivity index (χ0) is 13.1.